The molecule has 0 fully saturated rings. The first-order valence-electron chi connectivity index (χ1n) is 4.34. The number of nitro groups is 1. The quantitative estimate of drug-likeness (QED) is 0.343. The molecule has 0 unspecified atom stereocenters. The number of nitrogens with two attached hydrogens (primary N) is 1. The molecule has 1 amide bonds. The van der Waals surface area contributed by atoms with Gasteiger partial charge < -0.3 is 10.8 Å². The maximum absolute atomic E-state index is 10.8. The van der Waals surface area contributed by atoms with Crippen molar-refractivity contribution in [3.8, 4) is 11.8 Å². The monoisotopic (exact) mass is 233 g/mol. The van der Waals surface area contributed by atoms with Gasteiger partial charge in [-0.15, -0.1) is 0 Å². The Morgan fingerprint density at radius 2 is 2.24 bits per heavy atom. The second kappa shape index (κ2) is 4.76. The summed E-state index contributed by atoms with van der Waals surface area (Å²) in [6.07, 6.45) is 0.991. The normalized spacial score (nSPS) is 10.6. The summed E-state index contributed by atoms with van der Waals surface area (Å²) in [6, 6.07) is 4.77. The van der Waals surface area contributed by atoms with E-state index >= 15 is 0 Å². The number of rotatable bonds is 3. The number of nitriles is 1. The molecule has 7 nitrogen and oxygen atoms in total. The number of hydrogen-bond donors (Lipinski definition) is 2. The summed E-state index contributed by atoms with van der Waals surface area (Å²) in [7, 11) is 0. The first kappa shape index (κ1) is 12.2. The van der Waals surface area contributed by atoms with Crippen LogP contribution in [0.4, 0.5) is 5.69 Å². The fourth-order valence-corrected chi connectivity index (χ4v) is 1.09. The van der Waals surface area contributed by atoms with Crippen LogP contribution in [0.15, 0.2) is 23.8 Å². The number of aromatic hydroxyl groups is 1. The Kier molecular flexibility index (Phi) is 3.41. The van der Waals surface area contributed by atoms with E-state index in [1.165, 1.54) is 6.07 Å². The number of phenols is 1. The predicted molar refractivity (Wildman–Crippen MR) is 57.5 cm³/mol. The van der Waals surface area contributed by atoms with Crippen LogP contribution in [0.2, 0.25) is 0 Å². The van der Waals surface area contributed by atoms with Gasteiger partial charge in [-0.3, -0.25) is 14.9 Å². The van der Waals surface area contributed by atoms with Crippen LogP contribution in [0, 0.1) is 21.4 Å². The van der Waals surface area contributed by atoms with Crippen molar-refractivity contribution in [3.63, 3.8) is 0 Å². The van der Waals surface area contributed by atoms with Gasteiger partial charge in [0.15, 0.2) is 0 Å². The van der Waals surface area contributed by atoms with Crippen LogP contribution < -0.4 is 5.73 Å². The molecule has 3 N–H and O–H groups in total. The number of primary amides is 1. The van der Waals surface area contributed by atoms with Crippen molar-refractivity contribution in [2.24, 2.45) is 5.73 Å². The maximum Gasteiger partial charge on any atom is 0.270 e. The minimum Gasteiger partial charge on any atom is -0.507 e. The van der Waals surface area contributed by atoms with Crippen LogP contribution in [0.25, 0.3) is 6.08 Å². The molecule has 7 heteroatoms. The molecule has 86 valence electrons. The van der Waals surface area contributed by atoms with Gasteiger partial charge in [-0.1, -0.05) is 0 Å². The Balaban J connectivity index is 3.32. The van der Waals surface area contributed by atoms with E-state index in [1.807, 2.05) is 0 Å². The lowest BCUT2D eigenvalue weighted by molar-refractivity contribution is -0.384. The second-order valence-corrected chi connectivity index (χ2v) is 3.03. The summed E-state index contributed by atoms with van der Waals surface area (Å²) >= 11 is 0. The summed E-state index contributed by atoms with van der Waals surface area (Å²) in [5, 5.41) is 28.5. The van der Waals surface area contributed by atoms with E-state index in [2.05, 4.69) is 0 Å². The Bertz CT molecular complexity index is 557. The van der Waals surface area contributed by atoms with Crippen LogP contribution in [-0.4, -0.2) is 15.9 Å². The van der Waals surface area contributed by atoms with Gasteiger partial charge in [-0.2, -0.15) is 5.26 Å². The van der Waals surface area contributed by atoms with Crippen LogP contribution >= 0.6 is 0 Å². The van der Waals surface area contributed by atoms with E-state index in [0.29, 0.717) is 0 Å². The van der Waals surface area contributed by atoms with Gasteiger partial charge in [0.2, 0.25) is 0 Å². The number of nitrogens with zero attached hydrogens (tertiary/aromatic N) is 2. The van der Waals surface area contributed by atoms with E-state index < -0.39 is 16.4 Å². The first-order chi connectivity index (χ1) is 7.95. The summed E-state index contributed by atoms with van der Waals surface area (Å²) < 4.78 is 0. The zero-order valence-electron chi connectivity index (χ0n) is 8.45. The third-order valence-corrected chi connectivity index (χ3v) is 1.91. The number of nitro benzene ring substituents is 1. The van der Waals surface area contributed by atoms with E-state index in [-0.39, 0.29) is 17.0 Å². The molecule has 0 spiro atoms. The average molecular weight is 233 g/mol. The van der Waals surface area contributed by atoms with Crippen LogP contribution in [0.1, 0.15) is 5.56 Å². The van der Waals surface area contributed by atoms with Gasteiger partial charge in [0.25, 0.3) is 11.6 Å². The Morgan fingerprint density at radius 3 is 2.71 bits per heavy atom. The van der Waals surface area contributed by atoms with Gasteiger partial charge >= 0.3 is 0 Å². The number of hydrogen-bond acceptors (Lipinski definition) is 5. The fraction of sp³-hybridized carbons (Fsp3) is 0. The zero-order valence-corrected chi connectivity index (χ0v) is 8.45. The number of carbonyl (C=O) groups excluding carboxylic acids is 1. The molecule has 0 saturated heterocycles. The highest BCUT2D eigenvalue weighted by Gasteiger charge is 2.11. The van der Waals surface area contributed by atoms with Crippen LogP contribution in [0.3, 0.4) is 0 Å². The predicted octanol–water partition coefficient (Wildman–Crippen LogP) is 0.693. The minimum atomic E-state index is -0.974. The van der Waals surface area contributed by atoms with E-state index in [9.17, 15) is 20.0 Å². The number of amides is 1. The molecule has 1 rings (SSSR count). The minimum absolute atomic E-state index is 0.0189. The molecule has 0 heterocycles. The zero-order chi connectivity index (χ0) is 13.0. The molecule has 0 saturated carbocycles. The molecule has 1 aromatic rings. The van der Waals surface area contributed by atoms with Crippen molar-refractivity contribution in [2.45, 2.75) is 0 Å². The third-order valence-electron chi connectivity index (χ3n) is 1.91. The molecular weight excluding hydrogens is 226 g/mol. The molecule has 0 aliphatic rings. The second-order valence-electron chi connectivity index (χ2n) is 3.03. The molecule has 0 atom stereocenters. The van der Waals surface area contributed by atoms with Gasteiger partial charge in [-0.25, -0.2) is 0 Å². The molecule has 17 heavy (non-hydrogen) atoms. The van der Waals surface area contributed by atoms with Gasteiger partial charge in [-0.05, 0) is 12.1 Å². The maximum atomic E-state index is 10.8. The van der Waals surface area contributed by atoms with Crippen molar-refractivity contribution >= 4 is 17.7 Å². The molecule has 1 aromatic carbocycles. The molecule has 0 aromatic heterocycles. The van der Waals surface area contributed by atoms with Crippen molar-refractivity contribution in [1.29, 1.82) is 5.26 Å². The Labute approximate surface area is 95.5 Å². The van der Waals surface area contributed by atoms with Crippen LogP contribution in [0.5, 0.6) is 5.75 Å². The van der Waals surface area contributed by atoms with Gasteiger partial charge in [0, 0.05) is 17.7 Å². The molecule has 0 aliphatic heterocycles. The van der Waals surface area contributed by atoms with Gasteiger partial charge in [0.1, 0.15) is 17.4 Å². The topological polar surface area (TPSA) is 130 Å². The third kappa shape index (κ3) is 2.79. The van der Waals surface area contributed by atoms with Crippen molar-refractivity contribution in [2.75, 3.05) is 0 Å². The molecule has 0 radical (unpaired) electrons. The lowest BCUT2D eigenvalue weighted by Crippen LogP contribution is -2.12. The first-order valence-corrected chi connectivity index (χ1v) is 4.34. The largest absolute Gasteiger partial charge is 0.507 e. The Morgan fingerprint density at radius 1 is 1.59 bits per heavy atom. The summed E-state index contributed by atoms with van der Waals surface area (Å²) in [4.78, 5) is 20.6. The van der Waals surface area contributed by atoms with Crippen molar-refractivity contribution in [1.82, 2.24) is 0 Å². The lowest BCUT2D eigenvalue weighted by atomic mass is 10.1. The summed E-state index contributed by atoms with van der Waals surface area (Å²) in [6.45, 7) is 0. The Hall–Kier alpha value is -2.88. The number of phenolic OH excluding ortho intramolecular Hbond substituents is 1. The fourth-order valence-electron chi connectivity index (χ4n) is 1.09. The van der Waals surface area contributed by atoms with E-state index in [1.54, 1.807) is 0 Å². The smallest absolute Gasteiger partial charge is 0.270 e. The average Bonchev–Trinajstić information content (AvgIpc) is 2.27. The summed E-state index contributed by atoms with van der Waals surface area (Å²) in [5.41, 5.74) is 4.21. The highest BCUT2D eigenvalue weighted by atomic mass is 16.6. The number of non-ortho nitro benzene ring substituents is 1. The summed E-state index contributed by atoms with van der Waals surface area (Å²) in [5.74, 6) is -1.26. The van der Waals surface area contributed by atoms with E-state index in [0.717, 1.165) is 24.3 Å². The van der Waals surface area contributed by atoms with Crippen LogP contribution in [-0.2, 0) is 4.79 Å². The standard InChI is InChI=1S/C10H7N3O4/c11-5-7(10(12)15)3-6-4-8(13(16)17)1-2-9(6)14/h1-4,14H,(H2,12,15)/b7-3+. The van der Waals surface area contributed by atoms with Gasteiger partial charge in [0.05, 0.1) is 4.92 Å². The number of carbonyl (C=O) groups is 1. The highest BCUT2D eigenvalue weighted by Crippen LogP contribution is 2.24. The SMILES string of the molecule is N#C/C(=C\c1cc([N+](=O)[O-])ccc1O)C(N)=O. The highest BCUT2D eigenvalue weighted by molar-refractivity contribution is 6.00. The lowest BCUT2D eigenvalue weighted by Gasteiger charge is -1.99. The number of benzene rings is 1. The van der Waals surface area contributed by atoms with E-state index in [4.69, 9.17) is 11.0 Å². The molecule has 0 bridgehead atoms. The molecule has 0 aliphatic carbocycles. The van der Waals surface area contributed by atoms with Crippen molar-refractivity contribution < 1.29 is 14.8 Å². The van der Waals surface area contributed by atoms with Crippen molar-refractivity contribution in [3.05, 3.63) is 39.4 Å². The molecular formula is C10H7N3O4.